The molecule has 0 atom stereocenters. The van der Waals surface area contributed by atoms with E-state index in [0.717, 1.165) is 38.8 Å². The average Bonchev–Trinajstić information content (AvgIpc) is 2.74. The highest BCUT2D eigenvalue weighted by Crippen LogP contribution is 2.19. The zero-order chi connectivity index (χ0) is 15.5. The Morgan fingerprint density at radius 3 is 2.50 bits per heavy atom. The Balaban J connectivity index is 1.88. The number of hydrogen-bond acceptors (Lipinski definition) is 3. The fraction of sp³-hybridized carbons (Fsp3) is 0.375. The van der Waals surface area contributed by atoms with Gasteiger partial charge in [0.15, 0.2) is 5.69 Å². The van der Waals surface area contributed by atoms with Crippen molar-refractivity contribution in [2.24, 2.45) is 0 Å². The van der Waals surface area contributed by atoms with E-state index < -0.39 is 5.82 Å². The van der Waals surface area contributed by atoms with Crippen molar-refractivity contribution < 1.29 is 9.18 Å². The lowest BCUT2D eigenvalue weighted by molar-refractivity contribution is 0.0755. The molecule has 5 nitrogen and oxygen atoms in total. The van der Waals surface area contributed by atoms with Crippen molar-refractivity contribution >= 4 is 11.7 Å². The van der Waals surface area contributed by atoms with Gasteiger partial charge in [-0.2, -0.15) is 5.10 Å². The predicted molar refractivity (Wildman–Crippen MR) is 82.3 cm³/mol. The summed E-state index contributed by atoms with van der Waals surface area (Å²) in [5.74, 6) is -0.307. The summed E-state index contributed by atoms with van der Waals surface area (Å²) in [4.78, 5) is 14.3. The number of para-hydroxylation sites is 1. The number of amides is 1. The summed E-state index contributed by atoms with van der Waals surface area (Å²) >= 11 is 0. The first-order chi connectivity index (χ1) is 10.7. The molecule has 2 N–H and O–H groups in total. The summed E-state index contributed by atoms with van der Waals surface area (Å²) in [7, 11) is 0. The molecule has 0 unspecified atom stereocenters. The van der Waals surface area contributed by atoms with Crippen LogP contribution in [0.2, 0.25) is 0 Å². The van der Waals surface area contributed by atoms with Crippen molar-refractivity contribution in [3.63, 3.8) is 0 Å². The third-order valence-electron chi connectivity index (χ3n) is 3.93. The van der Waals surface area contributed by atoms with Gasteiger partial charge in [0.25, 0.3) is 5.91 Å². The predicted octanol–water partition coefficient (Wildman–Crippen LogP) is 2.61. The molecule has 3 rings (SSSR count). The van der Waals surface area contributed by atoms with Gasteiger partial charge in [0.05, 0.1) is 0 Å². The number of nitrogens with two attached hydrogens (primary N) is 1. The molecule has 1 aromatic carbocycles. The van der Waals surface area contributed by atoms with Crippen LogP contribution in [-0.4, -0.2) is 33.7 Å². The number of aromatic nitrogens is 2. The minimum Gasteiger partial charge on any atom is -0.384 e. The van der Waals surface area contributed by atoms with E-state index in [1.54, 1.807) is 23.1 Å². The molecule has 0 bridgehead atoms. The zero-order valence-corrected chi connectivity index (χ0v) is 12.3. The van der Waals surface area contributed by atoms with Crippen LogP contribution in [0.5, 0.6) is 0 Å². The molecule has 1 fully saturated rings. The van der Waals surface area contributed by atoms with E-state index in [2.05, 4.69) is 5.10 Å². The first-order valence-corrected chi connectivity index (χ1v) is 7.56. The highest BCUT2D eigenvalue weighted by molar-refractivity contribution is 5.93. The van der Waals surface area contributed by atoms with Crippen LogP contribution in [0, 0.1) is 5.82 Å². The molecule has 1 saturated heterocycles. The van der Waals surface area contributed by atoms with E-state index in [1.807, 2.05) is 0 Å². The lowest BCUT2D eigenvalue weighted by atomic mass is 10.2. The van der Waals surface area contributed by atoms with Crippen LogP contribution in [0.25, 0.3) is 5.69 Å². The number of nitrogen functional groups attached to an aromatic ring is 1. The molecule has 1 amide bonds. The van der Waals surface area contributed by atoms with Crippen LogP contribution in [-0.2, 0) is 0 Å². The highest BCUT2D eigenvalue weighted by atomic mass is 19.1. The molecule has 6 heteroatoms. The van der Waals surface area contributed by atoms with Gasteiger partial charge in [0, 0.05) is 19.2 Å². The number of likely N-dealkylation sites (tertiary alicyclic amines) is 1. The summed E-state index contributed by atoms with van der Waals surface area (Å²) in [5, 5.41) is 4.21. The summed E-state index contributed by atoms with van der Waals surface area (Å²) in [6, 6.07) is 7.74. The van der Waals surface area contributed by atoms with E-state index >= 15 is 0 Å². The smallest absolute Gasteiger partial charge is 0.274 e. The maximum absolute atomic E-state index is 13.9. The number of hydrogen-bond donors (Lipinski definition) is 1. The average molecular weight is 302 g/mol. The Labute approximate surface area is 128 Å². The van der Waals surface area contributed by atoms with Gasteiger partial charge < -0.3 is 10.6 Å². The lowest BCUT2D eigenvalue weighted by Gasteiger charge is -2.18. The SMILES string of the molecule is Nc1cc(C(=O)N2CCCCCC2)nn1-c1ccccc1F. The van der Waals surface area contributed by atoms with Crippen molar-refractivity contribution in [3.05, 3.63) is 41.8 Å². The summed E-state index contributed by atoms with van der Waals surface area (Å²) < 4.78 is 15.1. The van der Waals surface area contributed by atoms with Crippen LogP contribution in [0.15, 0.2) is 30.3 Å². The van der Waals surface area contributed by atoms with Gasteiger partial charge in [-0.15, -0.1) is 0 Å². The minimum atomic E-state index is -0.425. The molecule has 0 saturated carbocycles. The summed E-state index contributed by atoms with van der Waals surface area (Å²) in [6.07, 6.45) is 4.32. The van der Waals surface area contributed by atoms with Crippen LogP contribution < -0.4 is 5.73 Å². The van der Waals surface area contributed by atoms with E-state index in [9.17, 15) is 9.18 Å². The van der Waals surface area contributed by atoms with Gasteiger partial charge in [0.2, 0.25) is 0 Å². The monoisotopic (exact) mass is 302 g/mol. The molecular formula is C16H19FN4O. The molecule has 2 aromatic rings. The number of halogens is 1. The van der Waals surface area contributed by atoms with Gasteiger partial charge in [-0.05, 0) is 25.0 Å². The fourth-order valence-corrected chi connectivity index (χ4v) is 2.75. The fourth-order valence-electron chi connectivity index (χ4n) is 2.75. The van der Waals surface area contributed by atoms with Crippen LogP contribution in [0.3, 0.4) is 0 Å². The van der Waals surface area contributed by atoms with Crippen molar-refractivity contribution in [1.29, 1.82) is 0 Å². The third kappa shape index (κ3) is 2.81. The lowest BCUT2D eigenvalue weighted by Crippen LogP contribution is -2.32. The van der Waals surface area contributed by atoms with Crippen molar-refractivity contribution in [2.45, 2.75) is 25.7 Å². The molecule has 1 aliphatic heterocycles. The van der Waals surface area contributed by atoms with E-state index in [4.69, 9.17) is 5.73 Å². The van der Waals surface area contributed by atoms with Crippen molar-refractivity contribution in [1.82, 2.24) is 14.7 Å². The zero-order valence-electron chi connectivity index (χ0n) is 12.3. The van der Waals surface area contributed by atoms with E-state index in [-0.39, 0.29) is 23.1 Å². The first-order valence-electron chi connectivity index (χ1n) is 7.56. The Kier molecular flexibility index (Phi) is 4.09. The van der Waals surface area contributed by atoms with Crippen LogP contribution in [0.4, 0.5) is 10.2 Å². The third-order valence-corrected chi connectivity index (χ3v) is 3.93. The number of benzene rings is 1. The maximum Gasteiger partial charge on any atom is 0.274 e. The van der Waals surface area contributed by atoms with Gasteiger partial charge in [-0.1, -0.05) is 25.0 Å². The molecule has 0 spiro atoms. The topological polar surface area (TPSA) is 64.2 Å². The molecule has 0 radical (unpaired) electrons. The van der Waals surface area contributed by atoms with Crippen LogP contribution in [0.1, 0.15) is 36.2 Å². The molecule has 1 aromatic heterocycles. The number of anilines is 1. The first kappa shape index (κ1) is 14.6. The maximum atomic E-state index is 13.9. The molecule has 2 heterocycles. The molecule has 22 heavy (non-hydrogen) atoms. The Hall–Kier alpha value is -2.37. The quantitative estimate of drug-likeness (QED) is 0.927. The van der Waals surface area contributed by atoms with E-state index in [1.165, 1.54) is 16.8 Å². The van der Waals surface area contributed by atoms with Crippen molar-refractivity contribution in [3.8, 4) is 5.69 Å². The van der Waals surface area contributed by atoms with E-state index in [0.29, 0.717) is 0 Å². The Bertz CT molecular complexity index is 675. The second kappa shape index (κ2) is 6.17. The number of rotatable bonds is 2. The van der Waals surface area contributed by atoms with Gasteiger partial charge in [0.1, 0.15) is 17.3 Å². The summed E-state index contributed by atoms with van der Waals surface area (Å²) in [5.41, 5.74) is 6.42. The number of carbonyl (C=O) groups excluding carboxylic acids is 1. The molecule has 116 valence electrons. The Morgan fingerprint density at radius 1 is 1.14 bits per heavy atom. The van der Waals surface area contributed by atoms with Gasteiger partial charge in [-0.3, -0.25) is 4.79 Å². The second-order valence-electron chi connectivity index (χ2n) is 5.52. The summed E-state index contributed by atoms with van der Waals surface area (Å²) in [6.45, 7) is 1.48. The number of carbonyl (C=O) groups is 1. The normalized spacial score (nSPS) is 15.6. The second-order valence-corrected chi connectivity index (χ2v) is 5.52. The Morgan fingerprint density at radius 2 is 1.82 bits per heavy atom. The largest absolute Gasteiger partial charge is 0.384 e. The number of nitrogens with zero attached hydrogens (tertiary/aromatic N) is 3. The minimum absolute atomic E-state index is 0.135. The standard InChI is InChI=1S/C16H19FN4O/c17-12-7-3-4-8-14(12)21-15(18)11-13(19-21)16(22)20-9-5-1-2-6-10-20/h3-4,7-8,11H,1-2,5-6,9-10,18H2. The van der Waals surface area contributed by atoms with Crippen molar-refractivity contribution in [2.75, 3.05) is 18.8 Å². The molecule has 1 aliphatic rings. The molecule has 0 aliphatic carbocycles. The molecular weight excluding hydrogens is 283 g/mol. The van der Waals surface area contributed by atoms with Crippen LogP contribution >= 0.6 is 0 Å². The highest BCUT2D eigenvalue weighted by Gasteiger charge is 2.21. The van der Waals surface area contributed by atoms with Gasteiger partial charge in [-0.25, -0.2) is 9.07 Å². The van der Waals surface area contributed by atoms with Gasteiger partial charge >= 0.3 is 0 Å².